The topological polar surface area (TPSA) is 30.7 Å². The van der Waals surface area contributed by atoms with E-state index < -0.39 is 0 Å². The average molecular weight is 228 g/mol. The van der Waals surface area contributed by atoms with Gasteiger partial charge in [0.05, 0.1) is 17.6 Å². The molecule has 0 atom stereocenters. The summed E-state index contributed by atoms with van der Waals surface area (Å²) in [6, 6.07) is 0.568. The fourth-order valence-corrected chi connectivity index (χ4v) is 2.64. The fourth-order valence-electron chi connectivity index (χ4n) is 2.44. The molecule has 1 aromatic heterocycles. The summed E-state index contributed by atoms with van der Waals surface area (Å²) in [6.45, 7) is 2.15. The zero-order valence-corrected chi connectivity index (χ0v) is 10.0. The van der Waals surface area contributed by atoms with E-state index in [0.717, 1.165) is 12.1 Å². The van der Waals surface area contributed by atoms with Crippen LogP contribution < -0.4 is 0 Å². The number of hydrogen-bond donors (Lipinski definition) is 0. The van der Waals surface area contributed by atoms with Gasteiger partial charge in [0, 0.05) is 0 Å². The maximum Gasteiger partial charge on any atom is 0.101 e. The zero-order valence-electron chi connectivity index (χ0n) is 9.25. The molecule has 1 saturated carbocycles. The maximum absolute atomic E-state index is 5.85. The molecule has 0 aromatic carbocycles. The van der Waals surface area contributed by atoms with Crippen LogP contribution in [0.1, 0.15) is 56.5 Å². The molecule has 0 radical (unpaired) electrons. The van der Waals surface area contributed by atoms with E-state index in [9.17, 15) is 0 Å². The molecule has 0 unspecified atom stereocenters. The highest BCUT2D eigenvalue weighted by Gasteiger charge is 2.20. The van der Waals surface area contributed by atoms with Gasteiger partial charge in [-0.15, -0.1) is 16.7 Å². The van der Waals surface area contributed by atoms with Crippen LogP contribution in [0.25, 0.3) is 0 Å². The summed E-state index contributed by atoms with van der Waals surface area (Å²) in [5.41, 5.74) is 2.20. The average Bonchev–Trinajstić information content (AvgIpc) is 2.72. The van der Waals surface area contributed by atoms with E-state index in [1.807, 2.05) is 0 Å². The second-order valence-corrected chi connectivity index (χ2v) is 4.47. The Morgan fingerprint density at radius 2 is 2.07 bits per heavy atom. The molecule has 1 aliphatic carbocycles. The number of rotatable bonds is 3. The number of alkyl halides is 1. The van der Waals surface area contributed by atoms with Crippen LogP contribution in [0.2, 0.25) is 0 Å². The lowest BCUT2D eigenvalue weighted by molar-refractivity contribution is 0.317. The Kier molecular flexibility index (Phi) is 3.62. The summed E-state index contributed by atoms with van der Waals surface area (Å²) in [4.78, 5) is 0. The third-order valence-electron chi connectivity index (χ3n) is 3.25. The van der Waals surface area contributed by atoms with Crippen molar-refractivity contribution in [3.05, 3.63) is 11.4 Å². The number of halogens is 1. The molecule has 0 spiro atoms. The van der Waals surface area contributed by atoms with E-state index in [1.165, 1.54) is 37.8 Å². The fraction of sp³-hybridized carbons (Fsp3) is 0.818. The summed E-state index contributed by atoms with van der Waals surface area (Å²) in [5, 5.41) is 8.43. The van der Waals surface area contributed by atoms with Gasteiger partial charge in [0.15, 0.2) is 0 Å². The molecule has 0 bridgehead atoms. The van der Waals surface area contributed by atoms with Crippen LogP contribution >= 0.6 is 11.6 Å². The zero-order chi connectivity index (χ0) is 10.7. The van der Waals surface area contributed by atoms with Crippen molar-refractivity contribution in [2.45, 2.75) is 57.4 Å². The van der Waals surface area contributed by atoms with Gasteiger partial charge in [-0.3, -0.25) is 0 Å². The Balaban J connectivity index is 2.22. The quantitative estimate of drug-likeness (QED) is 0.743. The van der Waals surface area contributed by atoms with E-state index in [4.69, 9.17) is 11.6 Å². The minimum atomic E-state index is 0.482. The van der Waals surface area contributed by atoms with E-state index in [2.05, 4.69) is 21.9 Å². The smallest absolute Gasteiger partial charge is 0.101 e. The van der Waals surface area contributed by atoms with Crippen LogP contribution in [-0.4, -0.2) is 15.0 Å². The predicted octanol–water partition coefficient (Wildman–Crippen LogP) is 3.08. The standard InChI is InChI=1S/C11H18ClN3/c1-2-11-10(8-12)13-14-15(11)9-6-4-3-5-7-9/h9H,2-8H2,1H3. The highest BCUT2D eigenvalue weighted by molar-refractivity contribution is 6.16. The molecule has 1 fully saturated rings. The van der Waals surface area contributed by atoms with E-state index in [1.54, 1.807) is 0 Å². The number of hydrogen-bond acceptors (Lipinski definition) is 2. The lowest BCUT2D eigenvalue weighted by atomic mass is 9.95. The second-order valence-electron chi connectivity index (χ2n) is 4.21. The van der Waals surface area contributed by atoms with Crippen LogP contribution in [0.3, 0.4) is 0 Å². The van der Waals surface area contributed by atoms with Crippen molar-refractivity contribution in [1.82, 2.24) is 15.0 Å². The normalized spacial score (nSPS) is 18.3. The van der Waals surface area contributed by atoms with Crippen molar-refractivity contribution in [3.8, 4) is 0 Å². The molecule has 3 nitrogen and oxygen atoms in total. The number of aromatic nitrogens is 3. The Hall–Kier alpha value is -0.570. The molecule has 4 heteroatoms. The first kappa shape index (κ1) is 10.9. The third-order valence-corrected chi connectivity index (χ3v) is 3.51. The van der Waals surface area contributed by atoms with Crippen molar-refractivity contribution in [2.75, 3.05) is 0 Å². The minimum absolute atomic E-state index is 0.482. The molecule has 0 saturated heterocycles. The Morgan fingerprint density at radius 1 is 1.33 bits per heavy atom. The summed E-state index contributed by atoms with van der Waals surface area (Å²) < 4.78 is 2.12. The first-order chi connectivity index (χ1) is 7.36. The van der Waals surface area contributed by atoms with Crippen LogP contribution in [0.15, 0.2) is 0 Å². The lowest BCUT2D eigenvalue weighted by Gasteiger charge is -2.23. The summed E-state index contributed by atoms with van der Waals surface area (Å²) in [5.74, 6) is 0.482. The molecule has 1 aromatic rings. The molecular formula is C11H18ClN3. The monoisotopic (exact) mass is 227 g/mol. The molecular weight excluding hydrogens is 210 g/mol. The molecule has 1 heterocycles. The molecule has 0 aliphatic heterocycles. The Bertz CT molecular complexity index is 316. The van der Waals surface area contributed by atoms with Crippen molar-refractivity contribution < 1.29 is 0 Å². The van der Waals surface area contributed by atoms with Crippen molar-refractivity contribution in [3.63, 3.8) is 0 Å². The molecule has 0 N–H and O–H groups in total. The van der Waals surface area contributed by atoms with Gasteiger partial charge in [-0.1, -0.05) is 31.4 Å². The van der Waals surface area contributed by atoms with Crippen molar-refractivity contribution in [2.24, 2.45) is 0 Å². The SMILES string of the molecule is CCc1c(CCl)nnn1C1CCCCC1. The highest BCUT2D eigenvalue weighted by Crippen LogP contribution is 2.29. The second kappa shape index (κ2) is 4.97. The van der Waals surface area contributed by atoms with Gasteiger partial charge in [0.1, 0.15) is 5.69 Å². The summed E-state index contributed by atoms with van der Waals surface area (Å²) in [7, 11) is 0. The van der Waals surface area contributed by atoms with Gasteiger partial charge in [-0.05, 0) is 19.3 Å². The molecule has 1 aliphatic rings. The molecule has 2 rings (SSSR count). The predicted molar refractivity (Wildman–Crippen MR) is 61.1 cm³/mol. The van der Waals surface area contributed by atoms with Crippen LogP contribution in [0, 0.1) is 0 Å². The summed E-state index contributed by atoms with van der Waals surface area (Å²) in [6.07, 6.45) is 7.49. The van der Waals surface area contributed by atoms with Crippen molar-refractivity contribution >= 4 is 11.6 Å². The Labute approximate surface area is 95.8 Å². The minimum Gasteiger partial charge on any atom is -0.246 e. The van der Waals surface area contributed by atoms with Gasteiger partial charge in [-0.25, -0.2) is 4.68 Å². The van der Waals surface area contributed by atoms with Crippen LogP contribution in [0.4, 0.5) is 0 Å². The Morgan fingerprint density at radius 3 is 2.67 bits per heavy atom. The molecule has 15 heavy (non-hydrogen) atoms. The van der Waals surface area contributed by atoms with E-state index in [0.29, 0.717) is 11.9 Å². The third kappa shape index (κ3) is 2.17. The molecule has 0 amide bonds. The van der Waals surface area contributed by atoms with Gasteiger partial charge < -0.3 is 0 Å². The largest absolute Gasteiger partial charge is 0.246 e. The first-order valence-electron chi connectivity index (χ1n) is 5.85. The molecule has 84 valence electrons. The van der Waals surface area contributed by atoms with Gasteiger partial charge in [-0.2, -0.15) is 0 Å². The highest BCUT2D eigenvalue weighted by atomic mass is 35.5. The summed E-state index contributed by atoms with van der Waals surface area (Å²) >= 11 is 5.85. The lowest BCUT2D eigenvalue weighted by Crippen LogP contribution is -2.16. The van der Waals surface area contributed by atoms with Gasteiger partial charge in [0.25, 0.3) is 0 Å². The van der Waals surface area contributed by atoms with Crippen molar-refractivity contribution in [1.29, 1.82) is 0 Å². The van der Waals surface area contributed by atoms with Gasteiger partial charge >= 0.3 is 0 Å². The van der Waals surface area contributed by atoms with Gasteiger partial charge in [0.2, 0.25) is 0 Å². The van der Waals surface area contributed by atoms with E-state index in [-0.39, 0.29) is 0 Å². The van der Waals surface area contributed by atoms with E-state index >= 15 is 0 Å². The van der Waals surface area contributed by atoms with Crippen LogP contribution in [0.5, 0.6) is 0 Å². The van der Waals surface area contributed by atoms with Crippen LogP contribution in [-0.2, 0) is 12.3 Å². The number of nitrogens with zero attached hydrogens (tertiary/aromatic N) is 3. The first-order valence-corrected chi connectivity index (χ1v) is 6.39. The maximum atomic E-state index is 5.85.